The molecule has 0 unspecified atom stereocenters. The second kappa shape index (κ2) is 21.5. The second-order valence-corrected chi connectivity index (χ2v) is 24.7. The van der Waals surface area contributed by atoms with Crippen LogP contribution in [-0.2, 0) is 0 Å². The van der Waals surface area contributed by atoms with Crippen molar-refractivity contribution < 1.29 is 0 Å². The van der Waals surface area contributed by atoms with Crippen molar-refractivity contribution in [2.75, 3.05) is 0 Å². The third-order valence-electron chi connectivity index (χ3n) is 18.0. The van der Waals surface area contributed by atoms with E-state index >= 15 is 0 Å². The fraction of sp³-hybridized carbons (Fsp3) is 0.146. The lowest BCUT2D eigenvalue weighted by molar-refractivity contribution is 1.05. The van der Waals surface area contributed by atoms with Gasteiger partial charge in [0.1, 0.15) is 0 Å². The molecular weight excluding hydrogens is 1070 g/mol. The van der Waals surface area contributed by atoms with Gasteiger partial charge < -0.3 is 9.13 Å². The fourth-order valence-electron chi connectivity index (χ4n) is 14.9. The van der Waals surface area contributed by atoms with Crippen LogP contribution in [0.25, 0.3) is 134 Å². The lowest BCUT2D eigenvalue weighted by Crippen LogP contribution is -2.08. The summed E-state index contributed by atoms with van der Waals surface area (Å²) in [5.41, 5.74) is 32.8. The molecule has 0 aliphatic rings. The quantitative estimate of drug-likeness (QED) is 0.144. The summed E-state index contributed by atoms with van der Waals surface area (Å²) in [6, 6.07) is 73.2. The molecule has 0 N–H and O–H groups in total. The summed E-state index contributed by atoms with van der Waals surface area (Å²) in [6.07, 6.45) is 0. The fourth-order valence-corrected chi connectivity index (χ4v) is 14.9. The van der Waals surface area contributed by atoms with Crippen LogP contribution < -0.4 is 0 Å². The van der Waals surface area contributed by atoms with Crippen molar-refractivity contribution in [3.63, 3.8) is 0 Å². The zero-order chi connectivity index (χ0) is 61.0. The molecule has 0 spiro atoms. The van der Waals surface area contributed by atoms with Crippen molar-refractivity contribution in [3.05, 3.63) is 266 Å². The predicted molar refractivity (Wildman–Crippen MR) is 368 cm³/mol. The Morgan fingerprint density at radius 2 is 0.534 bits per heavy atom. The molecular formula is C82H68N6. The molecule has 0 radical (unpaired) electrons. The van der Waals surface area contributed by atoms with E-state index in [1.165, 1.54) is 89.0 Å². The number of aromatic nitrogens is 5. The van der Waals surface area contributed by atoms with Gasteiger partial charge in [0.15, 0.2) is 17.5 Å². The number of fused-ring (bicyclic) bond motifs is 6. The number of hydrogen-bond donors (Lipinski definition) is 0. The maximum atomic E-state index is 11.6. The molecule has 0 aliphatic carbocycles. The van der Waals surface area contributed by atoms with E-state index in [0.717, 1.165) is 93.9 Å². The molecule has 6 heteroatoms. The van der Waals surface area contributed by atoms with Gasteiger partial charge in [0.25, 0.3) is 0 Å². The second-order valence-electron chi connectivity index (χ2n) is 24.7. The Morgan fingerprint density at radius 1 is 0.273 bits per heavy atom. The first-order valence-corrected chi connectivity index (χ1v) is 30.5. The molecule has 14 aromatic rings. The van der Waals surface area contributed by atoms with E-state index in [1.807, 2.05) is 48.5 Å². The highest BCUT2D eigenvalue weighted by Gasteiger charge is 2.28. The summed E-state index contributed by atoms with van der Waals surface area (Å²) in [6.45, 7) is 26.5. The zero-order valence-electron chi connectivity index (χ0n) is 52.2. The molecule has 3 aromatic heterocycles. The maximum Gasteiger partial charge on any atom is 0.168 e. The van der Waals surface area contributed by atoms with Crippen LogP contribution in [0.3, 0.4) is 0 Å². The first kappa shape index (κ1) is 55.4. The smallest absolute Gasteiger partial charge is 0.168 e. The van der Waals surface area contributed by atoms with E-state index in [-0.39, 0.29) is 0 Å². The van der Waals surface area contributed by atoms with Gasteiger partial charge in [-0.3, -0.25) is 0 Å². The SMILES string of the molecule is Cc1cc(C)c(-c2ccc3c(c2)c2cc(-c4c(C)cc(C)cc4C)ccc2n3-c2cc(C#N)cc(-n3c4ccc(-c5c(C)cc(C)cc5C)cc4c4cc(-c5c(C)cc(C)cc5C)ccc43)c2-c2nc(-c3ccccc3)nc(-c3ccccc3)n2)c(C)c1. The van der Waals surface area contributed by atoms with Crippen LogP contribution in [-0.4, -0.2) is 24.1 Å². The average Bonchev–Trinajstić information content (AvgIpc) is 1.58. The van der Waals surface area contributed by atoms with Crippen molar-refractivity contribution in [2.24, 2.45) is 0 Å². The molecule has 6 nitrogen and oxygen atoms in total. The normalized spacial score (nSPS) is 11.6. The highest BCUT2D eigenvalue weighted by atomic mass is 15.1. The first-order valence-electron chi connectivity index (χ1n) is 30.5. The lowest BCUT2D eigenvalue weighted by atomic mass is 9.91. The van der Waals surface area contributed by atoms with Crippen LogP contribution in [0, 0.1) is 94.4 Å². The van der Waals surface area contributed by atoms with E-state index in [2.05, 4.69) is 244 Å². The molecule has 11 aromatic carbocycles. The van der Waals surface area contributed by atoms with Crippen molar-refractivity contribution >= 4 is 43.6 Å². The van der Waals surface area contributed by atoms with Crippen LogP contribution in [0.5, 0.6) is 0 Å². The average molecular weight is 1140 g/mol. The van der Waals surface area contributed by atoms with Crippen molar-refractivity contribution in [2.45, 2.75) is 83.1 Å². The van der Waals surface area contributed by atoms with Gasteiger partial charge in [0.2, 0.25) is 0 Å². The molecule has 0 bridgehead atoms. The number of rotatable bonds is 9. The third-order valence-corrected chi connectivity index (χ3v) is 18.0. The number of aryl methyl sites for hydroxylation is 12. The summed E-state index contributed by atoms with van der Waals surface area (Å²) in [4.78, 5) is 16.5. The monoisotopic (exact) mass is 1140 g/mol. The largest absolute Gasteiger partial charge is 0.308 e. The number of nitrogens with zero attached hydrogens (tertiary/aromatic N) is 6. The van der Waals surface area contributed by atoms with Crippen LogP contribution >= 0.6 is 0 Å². The summed E-state index contributed by atoms with van der Waals surface area (Å²) >= 11 is 0. The van der Waals surface area contributed by atoms with Gasteiger partial charge in [-0.2, -0.15) is 5.26 Å². The van der Waals surface area contributed by atoms with Gasteiger partial charge in [-0.05, 0) is 233 Å². The minimum Gasteiger partial charge on any atom is -0.308 e. The molecule has 88 heavy (non-hydrogen) atoms. The highest BCUT2D eigenvalue weighted by molar-refractivity contribution is 6.15. The van der Waals surface area contributed by atoms with E-state index in [0.29, 0.717) is 23.0 Å². The van der Waals surface area contributed by atoms with E-state index < -0.39 is 0 Å². The summed E-state index contributed by atoms with van der Waals surface area (Å²) < 4.78 is 4.73. The third kappa shape index (κ3) is 9.37. The minimum atomic E-state index is 0.474. The number of nitriles is 1. The molecule has 14 rings (SSSR count). The Morgan fingerprint density at radius 3 is 0.795 bits per heavy atom. The minimum absolute atomic E-state index is 0.474. The molecule has 0 saturated carbocycles. The van der Waals surface area contributed by atoms with E-state index in [4.69, 9.17) is 15.0 Å². The van der Waals surface area contributed by atoms with Gasteiger partial charge in [-0.25, -0.2) is 15.0 Å². The summed E-state index contributed by atoms with van der Waals surface area (Å²) in [5, 5.41) is 16.0. The maximum absolute atomic E-state index is 11.6. The molecule has 0 saturated heterocycles. The zero-order valence-corrected chi connectivity index (χ0v) is 52.2. The lowest BCUT2D eigenvalue weighted by Gasteiger charge is -2.21. The first-order chi connectivity index (χ1) is 42.5. The van der Waals surface area contributed by atoms with Crippen LogP contribution in [0.15, 0.2) is 194 Å². The molecule has 0 atom stereocenters. The van der Waals surface area contributed by atoms with Gasteiger partial charge in [0, 0.05) is 32.7 Å². The van der Waals surface area contributed by atoms with Gasteiger partial charge in [0.05, 0.1) is 50.6 Å². The Kier molecular flexibility index (Phi) is 13.5. The summed E-state index contributed by atoms with van der Waals surface area (Å²) in [7, 11) is 0. The Bertz CT molecular complexity index is 4640. The van der Waals surface area contributed by atoms with Crippen molar-refractivity contribution in [1.29, 1.82) is 5.26 Å². The summed E-state index contributed by atoms with van der Waals surface area (Å²) in [5.74, 6) is 1.56. The molecule has 426 valence electrons. The molecule has 0 amide bonds. The highest BCUT2D eigenvalue weighted by Crippen LogP contribution is 2.47. The van der Waals surface area contributed by atoms with Gasteiger partial charge in [-0.1, -0.05) is 156 Å². The Balaban J connectivity index is 1.15. The Labute approximate surface area is 515 Å². The molecule has 0 fully saturated rings. The van der Waals surface area contributed by atoms with E-state index in [1.54, 1.807) is 0 Å². The van der Waals surface area contributed by atoms with Crippen LogP contribution in [0.1, 0.15) is 72.3 Å². The molecule has 0 aliphatic heterocycles. The number of hydrogen-bond acceptors (Lipinski definition) is 4. The van der Waals surface area contributed by atoms with Crippen LogP contribution in [0.4, 0.5) is 0 Å². The van der Waals surface area contributed by atoms with Crippen LogP contribution in [0.2, 0.25) is 0 Å². The number of benzene rings is 11. The molecule has 3 heterocycles. The van der Waals surface area contributed by atoms with Crippen molar-refractivity contribution in [1.82, 2.24) is 24.1 Å². The van der Waals surface area contributed by atoms with Gasteiger partial charge >= 0.3 is 0 Å². The Hall–Kier alpha value is -10.5. The van der Waals surface area contributed by atoms with Gasteiger partial charge in [-0.15, -0.1) is 0 Å². The topological polar surface area (TPSA) is 72.3 Å². The standard InChI is InChI=1S/C82H68N6/c1-46-31-50(5)75(51(6)32-46)61-23-27-69-65(41-61)66-42-62(76-52(7)33-47(2)34-53(76)8)24-28-70(66)87(69)73-39-58(45-83)40-74(79(73)82-85-80(59-19-15-13-16-20-59)84-81(86-82)60-21-17-14-18-22-60)88-71-29-25-63(77-54(9)35-48(3)36-55(77)10)43-67(71)68-44-64(26-30-72(68)88)78-56(11)37-49(4)38-57(78)12/h13-44H,1-12H3. The predicted octanol–water partition coefficient (Wildman–Crippen LogP) is 21.3. The van der Waals surface area contributed by atoms with E-state index in [9.17, 15) is 5.26 Å². The van der Waals surface area contributed by atoms with Crippen molar-refractivity contribution in [3.8, 4) is 96.1 Å².